The zero-order valence-electron chi connectivity index (χ0n) is 13.4. The first-order chi connectivity index (χ1) is 10.0. The summed E-state index contributed by atoms with van der Waals surface area (Å²) >= 11 is 0. The van der Waals surface area contributed by atoms with Gasteiger partial charge >= 0.3 is 6.03 Å². The molecule has 0 aromatic heterocycles. The van der Waals surface area contributed by atoms with Gasteiger partial charge in [-0.05, 0) is 38.3 Å². The number of amides is 2. The molecule has 0 bridgehead atoms. The van der Waals surface area contributed by atoms with Crippen molar-refractivity contribution in [2.45, 2.75) is 33.1 Å². The van der Waals surface area contributed by atoms with Gasteiger partial charge in [0.25, 0.3) is 0 Å². The molecule has 5 nitrogen and oxygen atoms in total. The lowest BCUT2D eigenvalue weighted by molar-refractivity contribution is 0.133. The van der Waals surface area contributed by atoms with Crippen molar-refractivity contribution in [2.24, 2.45) is 16.7 Å². The SMILES string of the molecule is C[C@@]12COC[C@]1(C)CN(C(=O)NCCC1CCNCC1)C2. The van der Waals surface area contributed by atoms with Crippen LogP contribution < -0.4 is 10.6 Å². The van der Waals surface area contributed by atoms with Gasteiger partial charge < -0.3 is 20.3 Å². The highest BCUT2D eigenvalue weighted by molar-refractivity contribution is 5.74. The molecule has 0 unspecified atom stereocenters. The summed E-state index contributed by atoms with van der Waals surface area (Å²) in [5.74, 6) is 0.771. The van der Waals surface area contributed by atoms with Gasteiger partial charge in [-0.25, -0.2) is 4.79 Å². The molecule has 5 heteroatoms. The maximum absolute atomic E-state index is 12.4. The summed E-state index contributed by atoms with van der Waals surface area (Å²) in [5, 5.41) is 6.50. The first kappa shape index (κ1) is 15.1. The maximum atomic E-state index is 12.4. The van der Waals surface area contributed by atoms with Gasteiger partial charge in [0.05, 0.1) is 13.2 Å². The minimum atomic E-state index is 0.112. The predicted octanol–water partition coefficient (Wildman–Crippen LogP) is 1.44. The quantitative estimate of drug-likeness (QED) is 0.828. The van der Waals surface area contributed by atoms with Crippen molar-refractivity contribution in [3.05, 3.63) is 0 Å². The minimum Gasteiger partial charge on any atom is -0.380 e. The average molecular weight is 295 g/mol. The van der Waals surface area contributed by atoms with Crippen molar-refractivity contribution < 1.29 is 9.53 Å². The molecule has 0 radical (unpaired) electrons. The molecular weight excluding hydrogens is 266 g/mol. The van der Waals surface area contributed by atoms with E-state index in [4.69, 9.17) is 4.74 Å². The van der Waals surface area contributed by atoms with Crippen LogP contribution in [0.3, 0.4) is 0 Å². The van der Waals surface area contributed by atoms with Crippen molar-refractivity contribution >= 4 is 6.03 Å². The first-order valence-electron chi connectivity index (χ1n) is 8.34. The highest BCUT2D eigenvalue weighted by Crippen LogP contribution is 2.50. The Kier molecular flexibility index (Phi) is 4.14. The Morgan fingerprint density at radius 2 is 1.86 bits per heavy atom. The van der Waals surface area contributed by atoms with E-state index in [0.29, 0.717) is 0 Å². The Bertz CT molecular complexity index is 379. The molecule has 0 saturated carbocycles. The molecular formula is C16H29N3O2. The van der Waals surface area contributed by atoms with Crippen LogP contribution in [0.5, 0.6) is 0 Å². The summed E-state index contributed by atoms with van der Waals surface area (Å²) < 4.78 is 5.64. The lowest BCUT2D eigenvalue weighted by Crippen LogP contribution is -2.41. The number of hydrogen-bond acceptors (Lipinski definition) is 3. The van der Waals surface area contributed by atoms with Crippen LogP contribution in [0.2, 0.25) is 0 Å². The van der Waals surface area contributed by atoms with Crippen LogP contribution in [0.15, 0.2) is 0 Å². The lowest BCUT2D eigenvalue weighted by atomic mass is 9.71. The fourth-order valence-corrected chi connectivity index (χ4v) is 4.03. The maximum Gasteiger partial charge on any atom is 0.317 e. The zero-order chi connectivity index (χ0) is 14.9. The standard InChI is InChI=1S/C16H29N3O2/c1-15-9-19(10-16(15,2)12-21-11-15)14(20)18-8-5-13-3-6-17-7-4-13/h13,17H,3-12H2,1-2H3,(H,18,20)/t15-,16+. The van der Waals surface area contributed by atoms with Gasteiger partial charge in [0.1, 0.15) is 0 Å². The van der Waals surface area contributed by atoms with E-state index in [2.05, 4.69) is 24.5 Å². The van der Waals surface area contributed by atoms with E-state index in [1.54, 1.807) is 0 Å². The van der Waals surface area contributed by atoms with E-state index in [1.807, 2.05) is 4.90 Å². The van der Waals surface area contributed by atoms with Crippen LogP contribution in [-0.2, 0) is 4.74 Å². The first-order valence-corrected chi connectivity index (χ1v) is 8.34. The number of hydrogen-bond donors (Lipinski definition) is 2. The number of likely N-dealkylation sites (tertiary alicyclic amines) is 1. The molecule has 3 saturated heterocycles. The number of nitrogens with one attached hydrogen (secondary N) is 2. The van der Waals surface area contributed by atoms with E-state index in [9.17, 15) is 4.79 Å². The molecule has 2 atom stereocenters. The number of piperidine rings is 1. The number of carbonyl (C=O) groups excluding carboxylic acids is 1. The fraction of sp³-hybridized carbons (Fsp3) is 0.938. The van der Waals surface area contributed by atoms with Crippen molar-refractivity contribution in [2.75, 3.05) is 45.9 Å². The molecule has 0 spiro atoms. The number of fused-ring (bicyclic) bond motifs is 1. The third-order valence-electron chi connectivity index (χ3n) is 5.95. The molecule has 120 valence electrons. The largest absolute Gasteiger partial charge is 0.380 e. The molecule has 2 amide bonds. The van der Waals surface area contributed by atoms with Gasteiger partial charge in [0, 0.05) is 30.5 Å². The highest BCUT2D eigenvalue weighted by atomic mass is 16.5. The van der Waals surface area contributed by atoms with Crippen LogP contribution in [0.4, 0.5) is 4.79 Å². The molecule has 3 fully saturated rings. The van der Waals surface area contributed by atoms with E-state index >= 15 is 0 Å². The normalized spacial score (nSPS) is 36.8. The van der Waals surface area contributed by atoms with Gasteiger partial charge in [-0.15, -0.1) is 0 Å². The summed E-state index contributed by atoms with van der Waals surface area (Å²) in [6.07, 6.45) is 3.60. The Balaban J connectivity index is 1.44. The van der Waals surface area contributed by atoms with Crippen molar-refractivity contribution in [3.8, 4) is 0 Å². The Labute approximate surface area is 127 Å². The number of nitrogens with zero attached hydrogens (tertiary/aromatic N) is 1. The molecule has 21 heavy (non-hydrogen) atoms. The number of carbonyl (C=O) groups is 1. The van der Waals surface area contributed by atoms with Gasteiger partial charge in [-0.3, -0.25) is 0 Å². The van der Waals surface area contributed by atoms with E-state index in [-0.39, 0.29) is 16.9 Å². The van der Waals surface area contributed by atoms with E-state index in [0.717, 1.165) is 58.3 Å². The second-order valence-electron chi connectivity index (χ2n) is 7.68. The average Bonchev–Trinajstić information content (AvgIpc) is 2.88. The van der Waals surface area contributed by atoms with Crippen LogP contribution in [0, 0.1) is 16.7 Å². The lowest BCUT2D eigenvalue weighted by Gasteiger charge is -2.29. The molecule has 0 aromatic rings. The monoisotopic (exact) mass is 295 g/mol. The summed E-state index contributed by atoms with van der Waals surface area (Å²) in [4.78, 5) is 14.4. The molecule has 0 aliphatic carbocycles. The molecule has 3 heterocycles. The number of ether oxygens (including phenoxy) is 1. The minimum absolute atomic E-state index is 0.112. The van der Waals surface area contributed by atoms with Crippen LogP contribution in [0.25, 0.3) is 0 Å². The summed E-state index contributed by atoms with van der Waals surface area (Å²) in [5.41, 5.74) is 0.249. The fourth-order valence-electron chi connectivity index (χ4n) is 4.03. The van der Waals surface area contributed by atoms with Gasteiger partial charge in [-0.2, -0.15) is 0 Å². The van der Waals surface area contributed by atoms with E-state index < -0.39 is 0 Å². The van der Waals surface area contributed by atoms with Gasteiger partial charge in [0.15, 0.2) is 0 Å². The number of urea groups is 1. The predicted molar refractivity (Wildman–Crippen MR) is 82.2 cm³/mol. The topological polar surface area (TPSA) is 53.6 Å². The van der Waals surface area contributed by atoms with Crippen molar-refractivity contribution in [1.29, 1.82) is 0 Å². The molecule has 0 aromatic carbocycles. The Hall–Kier alpha value is -0.810. The second-order valence-corrected chi connectivity index (χ2v) is 7.68. The molecule has 3 aliphatic heterocycles. The summed E-state index contributed by atoms with van der Waals surface area (Å²) in [6.45, 7) is 10.8. The van der Waals surface area contributed by atoms with Crippen LogP contribution in [-0.4, -0.2) is 56.9 Å². The summed E-state index contributed by atoms with van der Waals surface area (Å²) in [6, 6.07) is 0.112. The van der Waals surface area contributed by atoms with Gasteiger partial charge in [0.2, 0.25) is 0 Å². The zero-order valence-corrected chi connectivity index (χ0v) is 13.4. The number of rotatable bonds is 3. The third-order valence-corrected chi connectivity index (χ3v) is 5.95. The smallest absolute Gasteiger partial charge is 0.317 e. The second kappa shape index (κ2) is 5.76. The molecule has 3 rings (SSSR count). The molecule has 3 aliphatic rings. The molecule has 2 N–H and O–H groups in total. The Morgan fingerprint density at radius 1 is 1.24 bits per heavy atom. The van der Waals surface area contributed by atoms with Crippen molar-refractivity contribution in [3.63, 3.8) is 0 Å². The highest BCUT2D eigenvalue weighted by Gasteiger charge is 2.56. The van der Waals surface area contributed by atoms with Crippen LogP contribution in [0.1, 0.15) is 33.1 Å². The van der Waals surface area contributed by atoms with Gasteiger partial charge in [-0.1, -0.05) is 13.8 Å². The summed E-state index contributed by atoms with van der Waals surface area (Å²) in [7, 11) is 0. The Morgan fingerprint density at radius 3 is 2.48 bits per heavy atom. The van der Waals surface area contributed by atoms with Crippen molar-refractivity contribution in [1.82, 2.24) is 15.5 Å². The van der Waals surface area contributed by atoms with Crippen LogP contribution >= 0.6 is 0 Å². The van der Waals surface area contributed by atoms with E-state index in [1.165, 1.54) is 12.8 Å². The third kappa shape index (κ3) is 2.90.